The summed E-state index contributed by atoms with van der Waals surface area (Å²) >= 11 is 12.3. The van der Waals surface area contributed by atoms with Crippen LogP contribution in [0, 0.1) is 0 Å². The van der Waals surface area contributed by atoms with Crippen LogP contribution in [0.5, 0.6) is 0 Å². The largest absolute Gasteiger partial charge is 0.444 e. The van der Waals surface area contributed by atoms with Gasteiger partial charge in [0.15, 0.2) is 0 Å². The van der Waals surface area contributed by atoms with E-state index in [1.807, 2.05) is 32.9 Å². The molecule has 6 heteroatoms. The Labute approximate surface area is 141 Å². The van der Waals surface area contributed by atoms with Crippen molar-refractivity contribution in [1.29, 1.82) is 0 Å². The van der Waals surface area contributed by atoms with Gasteiger partial charge in [-0.1, -0.05) is 35.3 Å². The summed E-state index contributed by atoms with van der Waals surface area (Å²) in [6, 6.07) is 5.76. The molecule has 1 heterocycles. The maximum atomic E-state index is 12.2. The Hall–Kier alpha value is -0.970. The minimum absolute atomic E-state index is 0.136. The van der Waals surface area contributed by atoms with E-state index in [0.717, 1.165) is 18.5 Å². The number of nitrogens with one attached hydrogen (secondary N) is 1. The molecule has 0 bridgehead atoms. The lowest BCUT2D eigenvalue weighted by atomic mass is 10.0. The zero-order valence-corrected chi connectivity index (χ0v) is 14.7. The van der Waals surface area contributed by atoms with Gasteiger partial charge in [0.25, 0.3) is 0 Å². The first kappa shape index (κ1) is 17.4. The van der Waals surface area contributed by atoms with Crippen molar-refractivity contribution in [3.63, 3.8) is 0 Å². The number of ether oxygens (including phenoxy) is 1. The predicted molar refractivity (Wildman–Crippen MR) is 89.8 cm³/mol. The van der Waals surface area contributed by atoms with E-state index in [0.29, 0.717) is 23.1 Å². The summed E-state index contributed by atoms with van der Waals surface area (Å²) in [5, 5.41) is 4.55. The summed E-state index contributed by atoms with van der Waals surface area (Å²) in [5.41, 5.74) is 0.506. The topological polar surface area (TPSA) is 41.6 Å². The third-order valence-electron chi connectivity index (χ3n) is 3.41. The van der Waals surface area contributed by atoms with Crippen LogP contribution >= 0.6 is 23.2 Å². The lowest BCUT2D eigenvalue weighted by Gasteiger charge is -2.35. The van der Waals surface area contributed by atoms with Gasteiger partial charge in [0, 0.05) is 25.7 Å². The standard InChI is InChI=1S/C16H22Cl2N2O2/c1-16(2,3)22-15(21)20-8-7-19-12(10-20)9-11-5-4-6-13(17)14(11)18/h4-6,12,19H,7-10H2,1-3H3/t12-/m1/s1. The number of amides is 1. The first-order valence-corrected chi connectivity index (χ1v) is 8.16. The lowest BCUT2D eigenvalue weighted by molar-refractivity contribution is 0.0195. The van der Waals surface area contributed by atoms with Gasteiger partial charge in [0.1, 0.15) is 5.60 Å². The highest BCUT2D eigenvalue weighted by molar-refractivity contribution is 6.42. The van der Waals surface area contributed by atoms with E-state index >= 15 is 0 Å². The molecule has 0 aliphatic carbocycles. The molecule has 1 aromatic rings. The SMILES string of the molecule is CC(C)(C)OC(=O)N1CCN[C@H](Cc2cccc(Cl)c2Cl)C1. The molecule has 1 aromatic carbocycles. The number of hydrogen-bond donors (Lipinski definition) is 1. The van der Waals surface area contributed by atoms with Gasteiger partial charge in [-0.2, -0.15) is 0 Å². The first-order valence-electron chi connectivity index (χ1n) is 7.40. The number of piperazine rings is 1. The fraction of sp³-hybridized carbons (Fsp3) is 0.562. The quantitative estimate of drug-likeness (QED) is 0.888. The molecule has 0 saturated carbocycles. The molecule has 1 aliphatic heterocycles. The Morgan fingerprint density at radius 2 is 2.14 bits per heavy atom. The second kappa shape index (κ2) is 7.07. The number of benzene rings is 1. The number of carbonyl (C=O) groups is 1. The zero-order valence-electron chi connectivity index (χ0n) is 13.2. The summed E-state index contributed by atoms with van der Waals surface area (Å²) in [4.78, 5) is 13.9. The molecule has 0 aromatic heterocycles. The van der Waals surface area contributed by atoms with Crippen molar-refractivity contribution in [1.82, 2.24) is 10.2 Å². The summed E-state index contributed by atoms with van der Waals surface area (Å²) in [5.74, 6) is 0. The van der Waals surface area contributed by atoms with Crippen molar-refractivity contribution in [2.45, 2.75) is 38.8 Å². The monoisotopic (exact) mass is 344 g/mol. The van der Waals surface area contributed by atoms with Gasteiger partial charge in [-0.25, -0.2) is 4.79 Å². The van der Waals surface area contributed by atoms with E-state index in [1.165, 1.54) is 0 Å². The molecule has 2 rings (SSSR count). The molecule has 0 radical (unpaired) electrons. The third kappa shape index (κ3) is 4.77. The van der Waals surface area contributed by atoms with Crippen molar-refractivity contribution in [3.05, 3.63) is 33.8 Å². The van der Waals surface area contributed by atoms with Gasteiger partial charge in [-0.05, 0) is 38.8 Å². The van der Waals surface area contributed by atoms with Gasteiger partial charge in [0.05, 0.1) is 10.0 Å². The van der Waals surface area contributed by atoms with E-state index in [4.69, 9.17) is 27.9 Å². The molecule has 4 nitrogen and oxygen atoms in total. The van der Waals surface area contributed by atoms with Crippen LogP contribution in [0.2, 0.25) is 10.0 Å². The highest BCUT2D eigenvalue weighted by atomic mass is 35.5. The van der Waals surface area contributed by atoms with Crippen molar-refractivity contribution in [2.24, 2.45) is 0 Å². The summed E-state index contributed by atoms with van der Waals surface area (Å²) in [7, 11) is 0. The Kier molecular flexibility index (Phi) is 5.59. The number of nitrogens with zero attached hydrogens (tertiary/aromatic N) is 1. The van der Waals surface area contributed by atoms with Crippen LogP contribution in [0.25, 0.3) is 0 Å². The molecular formula is C16H22Cl2N2O2. The Balaban J connectivity index is 1.99. The second-order valence-electron chi connectivity index (χ2n) is 6.49. The van der Waals surface area contributed by atoms with Crippen molar-refractivity contribution in [2.75, 3.05) is 19.6 Å². The average Bonchev–Trinajstić information content (AvgIpc) is 2.42. The van der Waals surface area contributed by atoms with Gasteiger partial charge in [-0.3, -0.25) is 0 Å². The average molecular weight is 345 g/mol. The molecule has 1 atom stereocenters. The molecule has 1 amide bonds. The maximum Gasteiger partial charge on any atom is 0.410 e. The van der Waals surface area contributed by atoms with Crippen LogP contribution in [0.3, 0.4) is 0 Å². The normalized spacial score (nSPS) is 19.1. The second-order valence-corrected chi connectivity index (χ2v) is 7.28. The molecule has 22 heavy (non-hydrogen) atoms. The smallest absolute Gasteiger partial charge is 0.410 e. The molecule has 0 spiro atoms. The summed E-state index contributed by atoms with van der Waals surface area (Å²) in [6.45, 7) is 7.59. The zero-order chi connectivity index (χ0) is 16.3. The fourth-order valence-electron chi connectivity index (χ4n) is 2.43. The highest BCUT2D eigenvalue weighted by Crippen LogP contribution is 2.26. The van der Waals surface area contributed by atoms with E-state index in [1.54, 1.807) is 11.0 Å². The van der Waals surface area contributed by atoms with Crippen molar-refractivity contribution < 1.29 is 9.53 Å². The van der Waals surface area contributed by atoms with Gasteiger partial charge in [-0.15, -0.1) is 0 Å². The number of hydrogen-bond acceptors (Lipinski definition) is 3. The van der Waals surface area contributed by atoms with Crippen LogP contribution in [0.4, 0.5) is 4.79 Å². The number of halogens is 2. The van der Waals surface area contributed by atoms with Gasteiger partial charge < -0.3 is 15.0 Å². The fourth-order valence-corrected chi connectivity index (χ4v) is 2.82. The predicted octanol–water partition coefficient (Wildman–Crippen LogP) is 3.74. The maximum absolute atomic E-state index is 12.2. The van der Waals surface area contributed by atoms with Crippen molar-refractivity contribution in [3.8, 4) is 0 Å². The Morgan fingerprint density at radius 3 is 2.82 bits per heavy atom. The minimum atomic E-state index is -0.478. The minimum Gasteiger partial charge on any atom is -0.444 e. The highest BCUT2D eigenvalue weighted by Gasteiger charge is 2.27. The Morgan fingerprint density at radius 1 is 1.41 bits per heavy atom. The van der Waals surface area contributed by atoms with E-state index in [-0.39, 0.29) is 12.1 Å². The van der Waals surface area contributed by atoms with E-state index in [2.05, 4.69) is 5.32 Å². The molecule has 1 N–H and O–H groups in total. The molecular weight excluding hydrogens is 323 g/mol. The molecule has 122 valence electrons. The van der Waals surface area contributed by atoms with E-state index < -0.39 is 5.60 Å². The van der Waals surface area contributed by atoms with E-state index in [9.17, 15) is 4.79 Å². The number of rotatable bonds is 2. The molecule has 1 saturated heterocycles. The van der Waals surface area contributed by atoms with Crippen LogP contribution in [-0.2, 0) is 11.2 Å². The van der Waals surface area contributed by atoms with Crippen LogP contribution in [0.15, 0.2) is 18.2 Å². The first-order chi connectivity index (χ1) is 10.3. The lowest BCUT2D eigenvalue weighted by Crippen LogP contribution is -2.54. The van der Waals surface area contributed by atoms with Gasteiger partial charge in [0.2, 0.25) is 0 Å². The van der Waals surface area contributed by atoms with Crippen molar-refractivity contribution >= 4 is 29.3 Å². The van der Waals surface area contributed by atoms with Crippen LogP contribution in [-0.4, -0.2) is 42.3 Å². The Bertz CT molecular complexity index is 543. The number of carbonyl (C=O) groups excluding carboxylic acids is 1. The summed E-state index contributed by atoms with van der Waals surface area (Å²) in [6.07, 6.45) is 0.454. The third-order valence-corrected chi connectivity index (χ3v) is 4.26. The molecule has 0 unspecified atom stereocenters. The van der Waals surface area contributed by atoms with Crippen LogP contribution in [0.1, 0.15) is 26.3 Å². The molecule has 1 aliphatic rings. The summed E-state index contributed by atoms with van der Waals surface area (Å²) < 4.78 is 5.43. The van der Waals surface area contributed by atoms with Gasteiger partial charge >= 0.3 is 6.09 Å². The molecule has 1 fully saturated rings. The van der Waals surface area contributed by atoms with Crippen LogP contribution < -0.4 is 5.32 Å².